The minimum Gasteiger partial charge on any atom is -0.396 e. The van der Waals surface area contributed by atoms with Gasteiger partial charge < -0.3 is 10.2 Å². The summed E-state index contributed by atoms with van der Waals surface area (Å²) in [5, 5.41) is 18.2. The zero-order valence-corrected chi connectivity index (χ0v) is 9.62. The van der Waals surface area contributed by atoms with Crippen molar-refractivity contribution in [2.24, 2.45) is 17.3 Å². The lowest BCUT2D eigenvalue weighted by molar-refractivity contribution is 0.0454. The van der Waals surface area contributed by atoms with Crippen molar-refractivity contribution < 1.29 is 10.2 Å². The lowest BCUT2D eigenvalue weighted by atomic mass is 9.62. The largest absolute Gasteiger partial charge is 0.396 e. The number of rotatable bonds is 2. The van der Waals surface area contributed by atoms with Crippen molar-refractivity contribution in [1.82, 2.24) is 0 Å². The summed E-state index contributed by atoms with van der Waals surface area (Å²) in [5.41, 5.74) is 0.595. The lowest BCUT2D eigenvalue weighted by Crippen LogP contribution is -2.33. The highest BCUT2D eigenvalue weighted by atomic mass is 16.3. The molecule has 2 saturated carbocycles. The van der Waals surface area contributed by atoms with Crippen LogP contribution < -0.4 is 0 Å². The fourth-order valence-corrected chi connectivity index (χ4v) is 3.45. The van der Waals surface area contributed by atoms with Crippen LogP contribution in [0.2, 0.25) is 0 Å². The molecule has 0 amide bonds. The zero-order chi connectivity index (χ0) is 10.7. The van der Waals surface area contributed by atoms with Crippen LogP contribution in [0, 0.1) is 17.3 Å². The van der Waals surface area contributed by atoms with Gasteiger partial charge in [-0.1, -0.05) is 0 Å². The molecule has 0 aromatic heterocycles. The van der Waals surface area contributed by atoms with E-state index in [1.165, 1.54) is 51.4 Å². The summed E-state index contributed by atoms with van der Waals surface area (Å²) in [7, 11) is 0. The van der Waals surface area contributed by atoms with E-state index in [0.29, 0.717) is 30.5 Å². The number of aliphatic hydroxyl groups excluding tert-OH is 2. The summed E-state index contributed by atoms with van der Waals surface area (Å²) >= 11 is 0. The summed E-state index contributed by atoms with van der Waals surface area (Å²) in [4.78, 5) is 0. The first-order valence-corrected chi connectivity index (χ1v) is 6.50. The van der Waals surface area contributed by atoms with E-state index in [1.54, 1.807) is 0 Å². The second-order valence-corrected chi connectivity index (χ2v) is 5.75. The molecule has 1 spiro atoms. The van der Waals surface area contributed by atoms with Gasteiger partial charge in [0.1, 0.15) is 0 Å². The molecule has 2 rings (SSSR count). The van der Waals surface area contributed by atoms with E-state index in [1.807, 2.05) is 0 Å². The van der Waals surface area contributed by atoms with E-state index in [4.69, 9.17) is 10.2 Å². The van der Waals surface area contributed by atoms with Gasteiger partial charge in [0.15, 0.2) is 0 Å². The van der Waals surface area contributed by atoms with Crippen molar-refractivity contribution in [2.75, 3.05) is 13.2 Å². The highest BCUT2D eigenvalue weighted by molar-refractivity contribution is 4.89. The van der Waals surface area contributed by atoms with Gasteiger partial charge in [0, 0.05) is 13.2 Å². The van der Waals surface area contributed by atoms with Gasteiger partial charge in [0.2, 0.25) is 0 Å². The third kappa shape index (κ3) is 2.54. The molecule has 0 aromatic carbocycles. The summed E-state index contributed by atoms with van der Waals surface area (Å²) in [5.74, 6) is 1.15. The van der Waals surface area contributed by atoms with Crippen LogP contribution in [-0.4, -0.2) is 23.4 Å². The van der Waals surface area contributed by atoms with Gasteiger partial charge in [0.25, 0.3) is 0 Å². The molecule has 0 atom stereocenters. The van der Waals surface area contributed by atoms with Crippen molar-refractivity contribution in [3.05, 3.63) is 0 Å². The molecule has 0 aliphatic heterocycles. The maximum Gasteiger partial charge on any atom is 0.0459 e. The Morgan fingerprint density at radius 1 is 0.733 bits per heavy atom. The average Bonchev–Trinajstić information content (AvgIpc) is 2.31. The van der Waals surface area contributed by atoms with Crippen molar-refractivity contribution in [2.45, 2.75) is 51.4 Å². The molecule has 0 unspecified atom stereocenters. The van der Waals surface area contributed by atoms with Gasteiger partial charge in [-0.3, -0.25) is 0 Å². The van der Waals surface area contributed by atoms with Crippen LogP contribution in [0.3, 0.4) is 0 Å². The van der Waals surface area contributed by atoms with Gasteiger partial charge in [-0.25, -0.2) is 0 Å². The van der Waals surface area contributed by atoms with Gasteiger partial charge in [-0.05, 0) is 68.6 Å². The summed E-state index contributed by atoms with van der Waals surface area (Å²) in [6.45, 7) is 0.769. The first-order valence-electron chi connectivity index (χ1n) is 6.50. The molecular weight excluding hydrogens is 188 g/mol. The van der Waals surface area contributed by atoms with Crippen LogP contribution in [0.25, 0.3) is 0 Å². The molecule has 2 aliphatic rings. The number of hydrogen-bond donors (Lipinski definition) is 2. The molecule has 2 aliphatic carbocycles. The minimum atomic E-state index is 0.384. The van der Waals surface area contributed by atoms with Crippen LogP contribution in [-0.2, 0) is 0 Å². The Labute approximate surface area is 92.7 Å². The Morgan fingerprint density at radius 2 is 1.07 bits per heavy atom. The Kier molecular flexibility index (Phi) is 3.68. The molecule has 15 heavy (non-hydrogen) atoms. The highest BCUT2D eigenvalue weighted by Crippen LogP contribution is 2.49. The Hall–Kier alpha value is -0.0800. The number of hydrogen-bond acceptors (Lipinski definition) is 2. The highest BCUT2D eigenvalue weighted by Gasteiger charge is 2.37. The summed E-state index contributed by atoms with van der Waals surface area (Å²) in [6, 6.07) is 0. The molecule has 0 saturated heterocycles. The van der Waals surface area contributed by atoms with Gasteiger partial charge in [-0.2, -0.15) is 0 Å². The van der Waals surface area contributed by atoms with E-state index in [2.05, 4.69) is 0 Å². The van der Waals surface area contributed by atoms with Crippen molar-refractivity contribution in [3.63, 3.8) is 0 Å². The first-order chi connectivity index (χ1) is 7.28. The minimum absolute atomic E-state index is 0.384. The molecule has 2 nitrogen and oxygen atoms in total. The van der Waals surface area contributed by atoms with Crippen LogP contribution in [0.15, 0.2) is 0 Å². The third-order valence-corrected chi connectivity index (χ3v) is 4.85. The molecule has 0 radical (unpaired) electrons. The zero-order valence-electron chi connectivity index (χ0n) is 9.62. The first kappa shape index (κ1) is 11.4. The van der Waals surface area contributed by atoms with Crippen LogP contribution in [0.5, 0.6) is 0 Å². The van der Waals surface area contributed by atoms with Crippen LogP contribution in [0.1, 0.15) is 51.4 Å². The quantitative estimate of drug-likeness (QED) is 0.737. The fraction of sp³-hybridized carbons (Fsp3) is 1.00. The smallest absolute Gasteiger partial charge is 0.0459 e. The third-order valence-electron chi connectivity index (χ3n) is 4.85. The molecule has 0 heterocycles. The van der Waals surface area contributed by atoms with E-state index >= 15 is 0 Å². The maximum atomic E-state index is 9.12. The molecule has 2 fully saturated rings. The summed E-state index contributed by atoms with van der Waals surface area (Å²) in [6.07, 6.45) is 10.2. The predicted octanol–water partition coefficient (Wildman–Crippen LogP) is 2.34. The number of aliphatic hydroxyl groups is 2. The molecular formula is C13H24O2. The predicted molar refractivity (Wildman–Crippen MR) is 60.5 cm³/mol. The molecule has 2 N–H and O–H groups in total. The fourth-order valence-electron chi connectivity index (χ4n) is 3.45. The second kappa shape index (κ2) is 4.84. The maximum absolute atomic E-state index is 9.12. The topological polar surface area (TPSA) is 40.5 Å². The van der Waals surface area contributed by atoms with E-state index in [-0.39, 0.29) is 0 Å². The van der Waals surface area contributed by atoms with Crippen molar-refractivity contribution >= 4 is 0 Å². The van der Waals surface area contributed by atoms with Crippen LogP contribution >= 0.6 is 0 Å². The van der Waals surface area contributed by atoms with E-state index in [9.17, 15) is 0 Å². The SMILES string of the molecule is OCC1CCC2(CC1)CCC(CO)CC2. The van der Waals surface area contributed by atoms with Gasteiger partial charge in [0.05, 0.1) is 0 Å². The van der Waals surface area contributed by atoms with Crippen molar-refractivity contribution in [3.8, 4) is 0 Å². The standard InChI is InChI=1S/C13H24O2/c14-9-11-1-5-13(6-2-11)7-3-12(10-15)4-8-13/h11-12,14-15H,1-10H2. The summed E-state index contributed by atoms with van der Waals surface area (Å²) < 4.78 is 0. The van der Waals surface area contributed by atoms with Crippen molar-refractivity contribution in [1.29, 1.82) is 0 Å². The Balaban J connectivity index is 1.83. The Morgan fingerprint density at radius 3 is 1.33 bits per heavy atom. The second-order valence-electron chi connectivity index (χ2n) is 5.75. The normalized spacial score (nSPS) is 42.0. The molecule has 2 heteroatoms. The van der Waals surface area contributed by atoms with Gasteiger partial charge in [-0.15, -0.1) is 0 Å². The molecule has 88 valence electrons. The monoisotopic (exact) mass is 212 g/mol. The van der Waals surface area contributed by atoms with Gasteiger partial charge >= 0.3 is 0 Å². The van der Waals surface area contributed by atoms with E-state index in [0.717, 1.165) is 0 Å². The average molecular weight is 212 g/mol. The lowest BCUT2D eigenvalue weighted by Gasteiger charge is -2.44. The van der Waals surface area contributed by atoms with Crippen LogP contribution in [0.4, 0.5) is 0 Å². The molecule has 0 aromatic rings. The Bertz CT molecular complexity index is 161. The molecule has 0 bridgehead atoms. The van der Waals surface area contributed by atoms with E-state index < -0.39 is 0 Å².